The van der Waals surface area contributed by atoms with Crippen molar-refractivity contribution in [3.05, 3.63) is 90.5 Å². The summed E-state index contributed by atoms with van der Waals surface area (Å²) >= 11 is 0. The molecule has 3 aromatic rings. The number of benzene rings is 3. The van der Waals surface area contributed by atoms with Crippen molar-refractivity contribution in [2.75, 3.05) is 0 Å². The average molecular weight is 377 g/mol. The van der Waals surface area contributed by atoms with Crippen LogP contribution in [0.2, 0.25) is 0 Å². The molecule has 0 aliphatic rings. The van der Waals surface area contributed by atoms with Crippen LogP contribution >= 0.6 is 7.05 Å². The van der Waals surface area contributed by atoms with Crippen LogP contribution in [-0.4, -0.2) is 11.2 Å². The molecule has 0 saturated heterocycles. The first kappa shape index (κ1) is 19.1. The third-order valence-electron chi connectivity index (χ3n) is 4.56. The molecule has 3 aromatic carbocycles. The Balaban J connectivity index is 2.53. The van der Waals surface area contributed by atoms with Crippen LogP contribution in [0.25, 0.3) is 0 Å². The molecule has 4 heteroatoms. The van der Waals surface area contributed by atoms with E-state index in [2.05, 4.69) is 31.6 Å². The fourth-order valence-electron chi connectivity index (χ4n) is 3.40. The van der Waals surface area contributed by atoms with Crippen molar-refractivity contribution in [3.8, 4) is 0 Å². The van der Waals surface area contributed by atoms with Gasteiger partial charge in [0.25, 0.3) is 0 Å². The molecule has 1 amide bonds. The molecule has 0 aromatic heterocycles. The maximum atomic E-state index is 12.0. The van der Waals surface area contributed by atoms with Gasteiger partial charge in [-0.3, -0.25) is 0 Å². The monoisotopic (exact) mass is 377 g/mol. The number of rotatable bonds is 3. The van der Waals surface area contributed by atoms with Gasteiger partial charge in [0.05, 0.1) is 7.05 Å². The number of carboxylic acid groups (broad SMARTS) is 1. The molecular weight excluding hydrogens is 353 g/mol. The van der Waals surface area contributed by atoms with Crippen LogP contribution in [0.15, 0.2) is 89.7 Å². The Morgan fingerprint density at radius 2 is 1.22 bits per heavy atom. The minimum Gasteiger partial charge on any atom is -0.463 e. The summed E-state index contributed by atoms with van der Waals surface area (Å²) in [5.74, 6) is 0. The maximum Gasteiger partial charge on any atom is 0.430 e. The Bertz CT molecular complexity index is 946. The Hall–Kier alpha value is -2.64. The first-order chi connectivity index (χ1) is 12.9. The van der Waals surface area contributed by atoms with Crippen molar-refractivity contribution in [2.45, 2.75) is 26.2 Å². The van der Waals surface area contributed by atoms with E-state index in [9.17, 15) is 9.90 Å². The van der Waals surface area contributed by atoms with Crippen molar-refractivity contribution in [2.24, 2.45) is 4.74 Å². The molecule has 27 heavy (non-hydrogen) atoms. The lowest BCUT2D eigenvalue weighted by Crippen LogP contribution is -2.32. The van der Waals surface area contributed by atoms with Gasteiger partial charge >= 0.3 is 6.09 Å². The molecule has 0 saturated carbocycles. The zero-order valence-electron chi connectivity index (χ0n) is 15.8. The number of nitrogens with zero attached hydrogens (tertiary/aromatic N) is 1. The van der Waals surface area contributed by atoms with Crippen LogP contribution in [0, 0.1) is 0 Å². The van der Waals surface area contributed by atoms with E-state index in [0.717, 1.165) is 21.5 Å². The lowest BCUT2D eigenvalue weighted by molar-refractivity contribution is 0.206. The Morgan fingerprint density at radius 3 is 1.67 bits per heavy atom. The summed E-state index contributed by atoms with van der Waals surface area (Å²) < 4.78 is 4.42. The second-order valence-corrected chi connectivity index (χ2v) is 10.4. The van der Waals surface area contributed by atoms with Gasteiger partial charge in [-0.25, -0.2) is 4.79 Å². The van der Waals surface area contributed by atoms with Gasteiger partial charge in [-0.05, 0) is 11.0 Å². The maximum absolute atomic E-state index is 12.0. The van der Waals surface area contributed by atoms with Gasteiger partial charge in [0.15, 0.2) is 0 Å². The quantitative estimate of drug-likeness (QED) is 0.643. The first-order valence-corrected chi connectivity index (χ1v) is 10.7. The lowest BCUT2D eigenvalue weighted by Gasteiger charge is -2.32. The summed E-state index contributed by atoms with van der Waals surface area (Å²) in [4.78, 5) is 12.0. The van der Waals surface area contributed by atoms with Crippen LogP contribution in [0.1, 0.15) is 26.3 Å². The third kappa shape index (κ3) is 3.74. The van der Waals surface area contributed by atoms with Crippen LogP contribution in [0.5, 0.6) is 0 Å². The van der Waals surface area contributed by atoms with E-state index >= 15 is 0 Å². The highest BCUT2D eigenvalue weighted by molar-refractivity contribution is 7.87. The van der Waals surface area contributed by atoms with Gasteiger partial charge in [0, 0.05) is 15.9 Å². The molecule has 3 nitrogen and oxygen atoms in total. The third-order valence-corrected chi connectivity index (χ3v) is 8.21. The number of hydrogen-bond donors (Lipinski definition) is 1. The first-order valence-electron chi connectivity index (χ1n) is 8.92. The summed E-state index contributed by atoms with van der Waals surface area (Å²) in [5, 5.41) is 12.7. The predicted molar refractivity (Wildman–Crippen MR) is 114 cm³/mol. The Morgan fingerprint density at radius 1 is 0.778 bits per heavy atom. The molecule has 3 rings (SSSR count). The second-order valence-electron chi connectivity index (χ2n) is 7.46. The van der Waals surface area contributed by atoms with Gasteiger partial charge in [-0.1, -0.05) is 106 Å². The summed E-state index contributed by atoms with van der Waals surface area (Å²) in [6.07, 6.45) is -1.14. The van der Waals surface area contributed by atoms with Crippen molar-refractivity contribution in [3.63, 3.8) is 0 Å². The summed E-state index contributed by atoms with van der Waals surface area (Å²) in [7, 11) is -2.72. The highest BCUT2D eigenvalue weighted by Crippen LogP contribution is 2.48. The lowest BCUT2D eigenvalue weighted by atomic mass is 9.87. The van der Waals surface area contributed by atoms with E-state index in [0.29, 0.717) is 0 Å². The molecule has 0 atom stereocenters. The highest BCUT2D eigenvalue weighted by atomic mass is 31.2. The van der Waals surface area contributed by atoms with E-state index in [1.807, 2.05) is 78.9 Å². The van der Waals surface area contributed by atoms with E-state index in [4.69, 9.17) is 0 Å². The molecule has 0 aliphatic carbocycles. The molecule has 138 valence electrons. The number of amides is 1. The minimum atomic E-state index is -2.72. The van der Waals surface area contributed by atoms with Gasteiger partial charge in [-0.2, -0.15) is 4.74 Å². The fourth-order valence-corrected chi connectivity index (χ4v) is 7.12. The molecule has 0 fully saturated rings. The van der Waals surface area contributed by atoms with Gasteiger partial charge in [0.2, 0.25) is 0 Å². The van der Waals surface area contributed by atoms with Gasteiger partial charge in [0.1, 0.15) is 0 Å². The van der Waals surface area contributed by atoms with E-state index in [1.54, 1.807) is 0 Å². The standard InChI is InChI=1S/C23H24NO2P/c1-23(2,3)20-16-10-11-17-21(20)27(24-22(25)26,18-12-6-4-7-13-18)19-14-8-5-9-15-19/h4-17H,1-3H3,(H,25,26). The number of hydrogen-bond acceptors (Lipinski definition) is 1. The summed E-state index contributed by atoms with van der Waals surface area (Å²) in [5.41, 5.74) is 0.982. The fraction of sp³-hybridized carbons (Fsp3) is 0.174. The minimum absolute atomic E-state index is 0.139. The molecule has 0 spiro atoms. The summed E-state index contributed by atoms with van der Waals surface area (Å²) in [6.45, 7) is 6.45. The molecule has 0 unspecified atom stereocenters. The topological polar surface area (TPSA) is 49.7 Å². The zero-order chi connectivity index (χ0) is 19.5. The molecule has 0 heterocycles. The van der Waals surface area contributed by atoms with Crippen LogP contribution in [0.3, 0.4) is 0 Å². The van der Waals surface area contributed by atoms with Crippen molar-refractivity contribution in [1.82, 2.24) is 0 Å². The molecule has 0 aliphatic heterocycles. The van der Waals surface area contributed by atoms with E-state index in [-0.39, 0.29) is 5.41 Å². The molecular formula is C23H24NO2P. The predicted octanol–water partition coefficient (Wildman–Crippen LogP) is 5.14. The highest BCUT2D eigenvalue weighted by Gasteiger charge is 2.33. The van der Waals surface area contributed by atoms with Crippen LogP contribution < -0.4 is 15.9 Å². The Kier molecular flexibility index (Phi) is 5.34. The van der Waals surface area contributed by atoms with Gasteiger partial charge in [-0.15, -0.1) is 0 Å². The van der Waals surface area contributed by atoms with E-state index < -0.39 is 13.1 Å². The van der Waals surface area contributed by atoms with Gasteiger partial charge < -0.3 is 5.11 Å². The molecule has 0 radical (unpaired) electrons. The largest absolute Gasteiger partial charge is 0.463 e. The number of carbonyl (C=O) groups is 1. The summed E-state index contributed by atoms with van der Waals surface area (Å²) in [6, 6.07) is 27.8. The van der Waals surface area contributed by atoms with Crippen LogP contribution in [-0.2, 0) is 5.41 Å². The normalized spacial score (nSPS) is 11.8. The van der Waals surface area contributed by atoms with Crippen molar-refractivity contribution >= 4 is 29.1 Å². The Labute approximate surface area is 160 Å². The van der Waals surface area contributed by atoms with E-state index in [1.165, 1.54) is 0 Å². The van der Waals surface area contributed by atoms with Crippen molar-refractivity contribution in [1.29, 1.82) is 0 Å². The zero-order valence-corrected chi connectivity index (χ0v) is 16.7. The molecule has 0 bridgehead atoms. The second kappa shape index (κ2) is 7.54. The van der Waals surface area contributed by atoms with Crippen LogP contribution in [0.4, 0.5) is 4.79 Å². The SMILES string of the molecule is CC(C)(C)c1ccccc1P(=NC(=O)O)(c1ccccc1)c1ccccc1. The molecule has 1 N–H and O–H groups in total. The average Bonchev–Trinajstić information content (AvgIpc) is 2.67. The smallest absolute Gasteiger partial charge is 0.430 e. The van der Waals surface area contributed by atoms with Crippen molar-refractivity contribution < 1.29 is 9.90 Å².